The highest BCUT2D eigenvalue weighted by molar-refractivity contribution is 7.86. The summed E-state index contributed by atoms with van der Waals surface area (Å²) in [5.41, 5.74) is 2.62. The van der Waals surface area contributed by atoms with Crippen LogP contribution in [-0.2, 0) is 47.4 Å². The van der Waals surface area contributed by atoms with Crippen LogP contribution in [0.15, 0.2) is 90.8 Å². The van der Waals surface area contributed by atoms with Crippen LogP contribution in [0.1, 0.15) is 23.6 Å². The molecule has 9 rings (SSSR count). The van der Waals surface area contributed by atoms with Crippen molar-refractivity contribution >= 4 is 139 Å². The number of benzene rings is 5. The van der Waals surface area contributed by atoms with E-state index in [0.717, 1.165) is 11.3 Å². The number of nitrogens with zero attached hydrogens (tertiary/aromatic N) is 8. The molecular weight excluding hydrogens is 1180 g/mol. The molecule has 0 saturated heterocycles. The van der Waals surface area contributed by atoms with Gasteiger partial charge < -0.3 is 41.1 Å². The van der Waals surface area contributed by atoms with Crippen LogP contribution in [0.25, 0.3) is 22.6 Å². The summed E-state index contributed by atoms with van der Waals surface area (Å²) in [5, 5.41) is 17.0. The SMILES string of the molecule is CCc1c2c(c(Cl)c3oc4c(S(=O)(=O)O)c(=NCCNc5nc(Cl)nc(Nc6ccc(C)cc6S(=O)(=O)O)n5)ccc-4nc13)Nc1ccc(NCCNc3nc(Cl)nc(Nc4ccccc4C)n3)c(S(=O)(=O)O)c1O2.O=S(=O)=O. The first-order chi connectivity index (χ1) is 37.3. The third-order valence-electron chi connectivity index (χ3n) is 11.0. The van der Waals surface area contributed by atoms with Crippen molar-refractivity contribution in [3.63, 3.8) is 0 Å². The highest BCUT2D eigenvalue weighted by atomic mass is 35.5. The molecule has 0 amide bonds. The van der Waals surface area contributed by atoms with E-state index in [0.29, 0.717) is 11.1 Å². The molecule has 6 aromatic rings. The average molecular weight is 1220 g/mol. The predicted molar refractivity (Wildman–Crippen MR) is 288 cm³/mol. The number of fused-ring (bicyclic) bond motifs is 4. The minimum absolute atomic E-state index is 0.0211. The molecule has 0 unspecified atom stereocenters. The van der Waals surface area contributed by atoms with E-state index >= 15 is 0 Å². The van der Waals surface area contributed by atoms with Crippen LogP contribution in [0.4, 0.5) is 52.2 Å². The minimum atomic E-state index is -5.08. The summed E-state index contributed by atoms with van der Waals surface area (Å²) in [6.45, 7) is 5.33. The highest BCUT2D eigenvalue weighted by Crippen LogP contribution is 2.54. The molecule has 9 N–H and O–H groups in total. The zero-order valence-electron chi connectivity index (χ0n) is 40.6. The van der Waals surface area contributed by atoms with Gasteiger partial charge in [0.05, 0.1) is 29.0 Å². The van der Waals surface area contributed by atoms with Gasteiger partial charge in [0.1, 0.15) is 26.8 Å². The topological polar surface area (TPSA) is 411 Å². The van der Waals surface area contributed by atoms with Gasteiger partial charge in [-0.3, -0.25) is 18.7 Å². The van der Waals surface area contributed by atoms with Gasteiger partial charge in [-0.2, -0.15) is 55.2 Å². The maximum atomic E-state index is 13.1. The lowest BCUT2D eigenvalue weighted by Gasteiger charge is -2.28. The lowest BCUT2D eigenvalue weighted by Crippen LogP contribution is -2.20. The van der Waals surface area contributed by atoms with Crippen LogP contribution in [0.5, 0.6) is 11.5 Å². The molecule has 0 bridgehead atoms. The second-order valence-corrected chi connectivity index (χ2v) is 22.0. The lowest BCUT2D eigenvalue weighted by atomic mass is 10.0. The first-order valence-electron chi connectivity index (χ1n) is 22.5. The smallest absolute Gasteiger partial charge is 0.425 e. The van der Waals surface area contributed by atoms with Crippen molar-refractivity contribution in [3.05, 3.63) is 104 Å². The van der Waals surface area contributed by atoms with Crippen molar-refractivity contribution in [3.8, 4) is 23.0 Å². The summed E-state index contributed by atoms with van der Waals surface area (Å²) < 4.78 is 145. The fraction of sp³-hybridized carbons (Fsp3) is 0.182. The van der Waals surface area contributed by atoms with Crippen LogP contribution < -0.4 is 42.0 Å². The molecule has 4 aromatic carbocycles. The predicted octanol–water partition coefficient (Wildman–Crippen LogP) is 7.05. The van der Waals surface area contributed by atoms with E-state index in [1.807, 2.05) is 31.2 Å². The monoisotopic (exact) mass is 1220 g/mol. The van der Waals surface area contributed by atoms with Gasteiger partial charge in [0, 0.05) is 30.9 Å². The van der Waals surface area contributed by atoms with Gasteiger partial charge in [-0.15, -0.1) is 12.6 Å². The number of ether oxygens (including phenoxy) is 1. The quantitative estimate of drug-likeness (QED) is 0.0250. The maximum Gasteiger partial charge on any atom is 0.425 e. The number of aryl methyl sites for hydroxylation is 3. The van der Waals surface area contributed by atoms with E-state index in [2.05, 4.69) is 71.8 Å². The Morgan fingerprint density at radius 3 is 1.87 bits per heavy atom. The minimum Gasteiger partial charge on any atom is -0.451 e. The van der Waals surface area contributed by atoms with E-state index < -0.39 is 61.4 Å². The molecule has 35 heteroatoms. The van der Waals surface area contributed by atoms with Crippen molar-refractivity contribution in [2.75, 3.05) is 58.1 Å². The summed E-state index contributed by atoms with van der Waals surface area (Å²) in [5.74, 6) is -0.589. The van der Waals surface area contributed by atoms with Gasteiger partial charge in [0.15, 0.2) is 32.6 Å². The molecule has 0 saturated carbocycles. The van der Waals surface area contributed by atoms with Gasteiger partial charge in [0.2, 0.25) is 34.4 Å². The van der Waals surface area contributed by atoms with E-state index in [4.69, 9.17) is 56.6 Å². The first-order valence-corrected chi connectivity index (χ1v) is 28.9. The fourth-order valence-electron chi connectivity index (χ4n) is 7.78. The van der Waals surface area contributed by atoms with Crippen LogP contribution in [-0.4, -0.2) is 113 Å². The Morgan fingerprint density at radius 2 is 1.25 bits per heavy atom. The summed E-state index contributed by atoms with van der Waals surface area (Å²) >= 11 is 19.3. The van der Waals surface area contributed by atoms with Crippen LogP contribution >= 0.6 is 34.8 Å². The Kier molecular flexibility index (Phi) is 17.0. The van der Waals surface area contributed by atoms with Crippen molar-refractivity contribution in [1.29, 1.82) is 0 Å². The lowest BCUT2D eigenvalue weighted by molar-refractivity contribution is 0.446. The first kappa shape index (κ1) is 57.5. The molecule has 3 aliphatic rings. The Labute approximate surface area is 464 Å². The molecule has 2 aliphatic heterocycles. The molecule has 0 fully saturated rings. The summed E-state index contributed by atoms with van der Waals surface area (Å²) in [6, 6.07) is 17.3. The van der Waals surface area contributed by atoms with E-state index in [1.165, 1.54) is 36.4 Å². The zero-order chi connectivity index (χ0) is 57.1. The zero-order valence-corrected chi connectivity index (χ0v) is 46.1. The van der Waals surface area contributed by atoms with E-state index in [1.54, 1.807) is 19.9 Å². The normalized spacial score (nSPS) is 12.3. The number of halogens is 3. The van der Waals surface area contributed by atoms with Gasteiger partial charge in [-0.05, 0) is 97.1 Å². The number of hydrogen-bond acceptors (Lipinski definition) is 25. The number of anilines is 9. The van der Waals surface area contributed by atoms with E-state index in [9.17, 15) is 38.9 Å². The molecule has 0 atom stereocenters. The third kappa shape index (κ3) is 13.4. The molecular formula is C44H39Cl3N14O14S4. The fourth-order valence-corrected chi connectivity index (χ4v) is 10.7. The second-order valence-electron chi connectivity index (χ2n) is 16.4. The van der Waals surface area contributed by atoms with E-state index in [-0.39, 0.29) is 128 Å². The Bertz CT molecular complexity index is 4260. The number of para-hydroxylation sites is 1. The number of aromatic nitrogens is 7. The van der Waals surface area contributed by atoms with Crippen molar-refractivity contribution in [2.24, 2.45) is 4.99 Å². The van der Waals surface area contributed by atoms with Crippen molar-refractivity contribution < 1.29 is 60.7 Å². The standard InChI is InChI=1S/C44H39Cl3N14O11S3.O3S/c1-4-22-31-36(72-35-25(52-31)11-13-28(38(35)75(68,69)70)49-16-18-51-42-57-40(47)59-44(61-42)55-24-10-9-20(2)19-29(24)73(62,63)64)30(45)32-33(22)71-34-26(53-32)12-14-27(37(34)74(65,66)67)48-15-17-50-41-56-39(46)58-43(60-41)54-23-8-6-5-7-21(23)3;1-4(2)3/h5-14,19,48,53H,4,15-18H2,1-3H3,(H,62,63,64)(H,65,66,67)(H,68,69,70)(H2,50,54,56,58,60)(H2,51,55,57,59,61);. The average Bonchev–Trinajstić information content (AvgIpc) is 3.44. The van der Waals surface area contributed by atoms with Crippen molar-refractivity contribution in [1.82, 2.24) is 34.9 Å². The van der Waals surface area contributed by atoms with Gasteiger partial charge in [-0.25, -0.2) is 4.98 Å². The molecule has 0 spiro atoms. The summed E-state index contributed by atoms with van der Waals surface area (Å²) in [4.78, 5) is 32.0. The highest BCUT2D eigenvalue weighted by Gasteiger charge is 2.35. The maximum absolute atomic E-state index is 13.1. The molecule has 1 aliphatic carbocycles. The summed E-state index contributed by atoms with van der Waals surface area (Å²) in [7, 11) is -17.8. The summed E-state index contributed by atoms with van der Waals surface area (Å²) in [6.07, 6.45) is 0.183. The van der Waals surface area contributed by atoms with Gasteiger partial charge in [-0.1, -0.05) is 42.8 Å². The largest absolute Gasteiger partial charge is 0.451 e. The Morgan fingerprint density at radius 1 is 0.658 bits per heavy atom. The van der Waals surface area contributed by atoms with Gasteiger partial charge >= 0.3 is 20.7 Å². The molecule has 2 aromatic heterocycles. The Hall–Kier alpha value is -7.66. The molecule has 28 nitrogen and oxygen atoms in total. The number of nitrogens with one attached hydrogen (secondary N) is 6. The van der Waals surface area contributed by atoms with Crippen LogP contribution in [0, 0.1) is 13.8 Å². The number of hydrogen-bond donors (Lipinski definition) is 9. The third-order valence-corrected chi connectivity index (χ3v) is 14.5. The number of rotatable bonds is 17. The van der Waals surface area contributed by atoms with Crippen molar-refractivity contribution in [2.45, 2.75) is 41.9 Å². The Balaban J connectivity index is 0.00000199. The van der Waals surface area contributed by atoms with Gasteiger partial charge in [0.25, 0.3) is 20.2 Å². The molecule has 4 heterocycles. The molecule has 414 valence electrons. The molecule has 79 heavy (non-hydrogen) atoms. The second kappa shape index (κ2) is 23.4. The molecule has 0 radical (unpaired) electrons. The van der Waals surface area contributed by atoms with Crippen LogP contribution in [0.3, 0.4) is 0 Å². The van der Waals surface area contributed by atoms with Crippen LogP contribution in [0.2, 0.25) is 15.6 Å².